The number of rotatable bonds is 2. The number of hydrogen-bond acceptors (Lipinski definition) is 4. The summed E-state index contributed by atoms with van der Waals surface area (Å²) in [7, 11) is 1.80. The van der Waals surface area contributed by atoms with Crippen molar-refractivity contribution in [1.82, 2.24) is 5.32 Å². The Hall–Kier alpha value is -2.20. The summed E-state index contributed by atoms with van der Waals surface area (Å²) in [6, 6.07) is 8.44. The summed E-state index contributed by atoms with van der Waals surface area (Å²) in [6.45, 7) is 1.91. The van der Waals surface area contributed by atoms with E-state index in [1.165, 1.54) is 0 Å². The predicted molar refractivity (Wildman–Crippen MR) is 69.5 cm³/mol. The van der Waals surface area contributed by atoms with Gasteiger partial charge in [0.2, 0.25) is 5.78 Å². The lowest BCUT2D eigenvalue weighted by Gasteiger charge is -2.11. The van der Waals surface area contributed by atoms with Crippen LogP contribution >= 0.6 is 0 Å². The van der Waals surface area contributed by atoms with Crippen LogP contribution in [0.3, 0.4) is 0 Å². The molecular weight excluding hydrogens is 242 g/mol. The van der Waals surface area contributed by atoms with Crippen LogP contribution in [0.2, 0.25) is 0 Å². The summed E-state index contributed by atoms with van der Waals surface area (Å²) < 4.78 is 5.57. The molecule has 1 N–H and O–H groups in total. The molecule has 1 aliphatic rings. The number of carbonyl (C=O) groups is 2. The zero-order valence-electron chi connectivity index (χ0n) is 10.7. The van der Waals surface area contributed by atoms with Gasteiger partial charge in [0, 0.05) is 11.1 Å². The fourth-order valence-corrected chi connectivity index (χ4v) is 2.25. The molecule has 0 aliphatic heterocycles. The standard InChI is InChI=1S/C15H13NO3/c1-8(16-2)12-7-11-13(17)9-5-3-4-6-10(9)14(18)15(11)19-12/h3-8,16H,1-2H3. The average molecular weight is 255 g/mol. The molecule has 19 heavy (non-hydrogen) atoms. The number of fused-ring (bicyclic) bond motifs is 2. The lowest BCUT2D eigenvalue weighted by Crippen LogP contribution is -2.18. The second-order valence-electron chi connectivity index (χ2n) is 4.61. The number of nitrogens with one attached hydrogen (secondary N) is 1. The van der Waals surface area contributed by atoms with Crippen molar-refractivity contribution in [2.75, 3.05) is 7.05 Å². The van der Waals surface area contributed by atoms with E-state index in [-0.39, 0.29) is 23.4 Å². The molecule has 0 saturated heterocycles. The van der Waals surface area contributed by atoms with Crippen molar-refractivity contribution < 1.29 is 14.0 Å². The molecule has 2 aromatic rings. The minimum absolute atomic E-state index is 0.0469. The van der Waals surface area contributed by atoms with E-state index in [1.807, 2.05) is 6.92 Å². The number of hydrogen-bond donors (Lipinski definition) is 1. The molecule has 1 aromatic carbocycles. The first-order valence-corrected chi connectivity index (χ1v) is 6.13. The maximum atomic E-state index is 12.3. The zero-order valence-corrected chi connectivity index (χ0v) is 10.7. The highest BCUT2D eigenvalue weighted by atomic mass is 16.4. The second kappa shape index (κ2) is 4.17. The van der Waals surface area contributed by atoms with Crippen LogP contribution in [0.25, 0.3) is 0 Å². The lowest BCUT2D eigenvalue weighted by atomic mass is 9.88. The Morgan fingerprint density at radius 2 is 1.68 bits per heavy atom. The van der Waals surface area contributed by atoms with Crippen molar-refractivity contribution in [3.05, 3.63) is 58.5 Å². The molecule has 0 fully saturated rings. The van der Waals surface area contributed by atoms with Crippen LogP contribution in [0.15, 0.2) is 34.7 Å². The van der Waals surface area contributed by atoms with Crippen LogP contribution in [-0.2, 0) is 0 Å². The highest BCUT2D eigenvalue weighted by molar-refractivity contribution is 6.27. The van der Waals surface area contributed by atoms with Gasteiger partial charge in [-0.2, -0.15) is 0 Å². The van der Waals surface area contributed by atoms with Gasteiger partial charge in [-0.3, -0.25) is 9.59 Å². The molecule has 3 rings (SSSR count). The van der Waals surface area contributed by atoms with Crippen molar-refractivity contribution in [1.29, 1.82) is 0 Å². The van der Waals surface area contributed by atoms with Crippen LogP contribution in [0, 0.1) is 0 Å². The van der Waals surface area contributed by atoms with Gasteiger partial charge in [0.05, 0.1) is 11.6 Å². The van der Waals surface area contributed by atoms with Gasteiger partial charge in [0.1, 0.15) is 5.76 Å². The van der Waals surface area contributed by atoms with Crippen molar-refractivity contribution in [3.63, 3.8) is 0 Å². The highest BCUT2D eigenvalue weighted by Gasteiger charge is 2.33. The number of benzene rings is 1. The maximum Gasteiger partial charge on any atom is 0.229 e. The number of carbonyl (C=O) groups excluding carboxylic acids is 2. The van der Waals surface area contributed by atoms with E-state index in [0.29, 0.717) is 22.5 Å². The third-order valence-corrected chi connectivity index (χ3v) is 3.48. The van der Waals surface area contributed by atoms with E-state index >= 15 is 0 Å². The van der Waals surface area contributed by atoms with Crippen LogP contribution in [0.1, 0.15) is 50.8 Å². The SMILES string of the molecule is CNC(C)c1cc2c(o1)C(=O)c1ccccc1C2=O. The summed E-state index contributed by atoms with van der Waals surface area (Å²) in [5, 5.41) is 3.02. The van der Waals surface area contributed by atoms with E-state index in [0.717, 1.165) is 0 Å². The van der Waals surface area contributed by atoms with Gasteiger partial charge < -0.3 is 9.73 Å². The van der Waals surface area contributed by atoms with Gasteiger partial charge in [-0.1, -0.05) is 24.3 Å². The van der Waals surface area contributed by atoms with Crippen LogP contribution in [0.5, 0.6) is 0 Å². The van der Waals surface area contributed by atoms with Crippen molar-refractivity contribution >= 4 is 11.6 Å². The molecule has 4 heteroatoms. The molecule has 1 heterocycles. The fourth-order valence-electron chi connectivity index (χ4n) is 2.25. The molecule has 96 valence electrons. The fraction of sp³-hybridized carbons (Fsp3) is 0.200. The summed E-state index contributed by atoms with van der Waals surface area (Å²) in [5.74, 6) is 0.381. The first-order valence-electron chi connectivity index (χ1n) is 6.13. The topological polar surface area (TPSA) is 59.3 Å². The van der Waals surface area contributed by atoms with Crippen LogP contribution in [-0.4, -0.2) is 18.6 Å². The molecule has 0 spiro atoms. The largest absolute Gasteiger partial charge is 0.455 e. The van der Waals surface area contributed by atoms with E-state index in [1.54, 1.807) is 37.4 Å². The Bertz CT molecular complexity index is 632. The molecule has 0 saturated carbocycles. The molecule has 1 aliphatic carbocycles. The Morgan fingerprint density at radius 1 is 1.05 bits per heavy atom. The van der Waals surface area contributed by atoms with Gasteiger partial charge in [0.25, 0.3) is 0 Å². The Morgan fingerprint density at radius 3 is 2.32 bits per heavy atom. The van der Waals surface area contributed by atoms with Crippen LogP contribution < -0.4 is 5.32 Å². The summed E-state index contributed by atoms with van der Waals surface area (Å²) >= 11 is 0. The minimum atomic E-state index is -0.222. The normalized spacial score (nSPS) is 15.1. The summed E-state index contributed by atoms with van der Waals surface area (Å²) in [5.41, 5.74) is 1.23. The molecule has 1 atom stereocenters. The molecule has 0 bridgehead atoms. The molecular formula is C15H13NO3. The first-order chi connectivity index (χ1) is 9.13. The smallest absolute Gasteiger partial charge is 0.229 e. The maximum absolute atomic E-state index is 12.3. The van der Waals surface area contributed by atoms with Gasteiger partial charge in [-0.15, -0.1) is 0 Å². The monoisotopic (exact) mass is 255 g/mol. The Kier molecular flexibility index (Phi) is 2.61. The van der Waals surface area contributed by atoms with Crippen LogP contribution in [0.4, 0.5) is 0 Å². The Labute approximate surface area is 110 Å². The molecule has 0 amide bonds. The van der Waals surface area contributed by atoms with Gasteiger partial charge >= 0.3 is 0 Å². The molecule has 4 nitrogen and oxygen atoms in total. The quantitative estimate of drug-likeness (QED) is 0.763. The van der Waals surface area contributed by atoms with Gasteiger partial charge in [-0.05, 0) is 20.0 Å². The average Bonchev–Trinajstić information content (AvgIpc) is 2.89. The first kappa shape index (κ1) is 11.9. The summed E-state index contributed by atoms with van der Waals surface area (Å²) in [6.07, 6.45) is 0. The third-order valence-electron chi connectivity index (χ3n) is 3.48. The van der Waals surface area contributed by atoms with Gasteiger partial charge in [0.15, 0.2) is 11.5 Å². The van der Waals surface area contributed by atoms with E-state index < -0.39 is 0 Å². The summed E-state index contributed by atoms with van der Waals surface area (Å²) in [4.78, 5) is 24.7. The minimum Gasteiger partial charge on any atom is -0.455 e. The van der Waals surface area contributed by atoms with E-state index in [4.69, 9.17) is 4.42 Å². The molecule has 1 aromatic heterocycles. The predicted octanol–water partition coefficient (Wildman–Crippen LogP) is 2.34. The van der Waals surface area contributed by atoms with Crippen molar-refractivity contribution in [2.45, 2.75) is 13.0 Å². The zero-order chi connectivity index (χ0) is 13.6. The molecule has 1 unspecified atom stereocenters. The number of ketones is 2. The van der Waals surface area contributed by atoms with Crippen molar-refractivity contribution in [3.8, 4) is 0 Å². The highest BCUT2D eigenvalue weighted by Crippen LogP contribution is 2.31. The lowest BCUT2D eigenvalue weighted by molar-refractivity contribution is 0.0959. The second-order valence-corrected chi connectivity index (χ2v) is 4.61. The third kappa shape index (κ3) is 1.64. The Balaban J connectivity index is 2.18. The van der Waals surface area contributed by atoms with E-state index in [2.05, 4.69) is 5.32 Å². The molecule has 0 radical (unpaired) electrons. The van der Waals surface area contributed by atoms with Gasteiger partial charge in [-0.25, -0.2) is 0 Å². The van der Waals surface area contributed by atoms with E-state index in [9.17, 15) is 9.59 Å². The number of furan rings is 1. The van der Waals surface area contributed by atoms with Crippen molar-refractivity contribution in [2.24, 2.45) is 0 Å².